The Hall–Kier alpha value is -2.24. The minimum absolute atomic E-state index is 0.0347. The lowest BCUT2D eigenvalue weighted by atomic mass is 10.2. The predicted octanol–water partition coefficient (Wildman–Crippen LogP) is 1.22. The number of carbonyl (C=O) groups is 1. The fourth-order valence-corrected chi connectivity index (χ4v) is 1.33. The topological polar surface area (TPSA) is 80.8 Å². The maximum absolute atomic E-state index is 11.9. The van der Waals surface area contributed by atoms with Gasteiger partial charge in [0.05, 0.1) is 12.3 Å². The third-order valence-corrected chi connectivity index (χ3v) is 1.98. The lowest BCUT2D eigenvalue weighted by Gasteiger charge is -2.09. The second-order valence-electron chi connectivity index (χ2n) is 3.74. The molecular weight excluding hydrogens is 220 g/mol. The van der Waals surface area contributed by atoms with Crippen LogP contribution in [0.25, 0.3) is 0 Å². The van der Waals surface area contributed by atoms with Crippen molar-refractivity contribution in [2.45, 2.75) is 20.0 Å². The molecule has 0 aliphatic carbocycles. The van der Waals surface area contributed by atoms with Crippen molar-refractivity contribution in [1.29, 1.82) is 0 Å². The van der Waals surface area contributed by atoms with Crippen LogP contribution in [0.2, 0.25) is 0 Å². The number of aromatic amines is 1. The van der Waals surface area contributed by atoms with Crippen molar-refractivity contribution in [2.75, 3.05) is 0 Å². The number of H-pyrrole nitrogens is 1. The van der Waals surface area contributed by atoms with Crippen LogP contribution in [-0.4, -0.2) is 32.1 Å². The molecular formula is C11H12N4O2. The highest BCUT2D eigenvalue weighted by Crippen LogP contribution is 2.14. The number of carbonyl (C=O) groups excluding carboxylic acids is 1. The van der Waals surface area contributed by atoms with Gasteiger partial charge in [-0.1, -0.05) is 0 Å². The zero-order valence-corrected chi connectivity index (χ0v) is 9.54. The molecule has 6 nitrogen and oxygen atoms in total. The molecule has 0 unspecified atom stereocenters. The smallest absolute Gasteiger partial charge is 0.231 e. The Morgan fingerprint density at radius 2 is 2.24 bits per heavy atom. The molecule has 88 valence electrons. The van der Waals surface area contributed by atoms with E-state index >= 15 is 0 Å². The van der Waals surface area contributed by atoms with Crippen molar-refractivity contribution in [3.05, 3.63) is 36.2 Å². The third kappa shape index (κ3) is 2.66. The van der Waals surface area contributed by atoms with E-state index in [4.69, 9.17) is 4.74 Å². The molecule has 17 heavy (non-hydrogen) atoms. The fraction of sp³-hybridized carbons (Fsp3) is 0.273. The summed E-state index contributed by atoms with van der Waals surface area (Å²) < 4.78 is 5.46. The fourth-order valence-electron chi connectivity index (χ4n) is 1.33. The van der Waals surface area contributed by atoms with Crippen LogP contribution in [0.5, 0.6) is 5.75 Å². The molecule has 0 spiro atoms. The lowest BCUT2D eigenvalue weighted by Crippen LogP contribution is -2.08. The molecule has 1 N–H and O–H groups in total. The molecule has 0 aromatic carbocycles. The van der Waals surface area contributed by atoms with Crippen molar-refractivity contribution in [3.63, 3.8) is 0 Å². The summed E-state index contributed by atoms with van der Waals surface area (Å²) in [5.41, 5.74) is 0.417. The van der Waals surface area contributed by atoms with Gasteiger partial charge in [-0.2, -0.15) is 5.10 Å². The summed E-state index contributed by atoms with van der Waals surface area (Å²) in [5.74, 6) is 0.489. The first-order valence-electron chi connectivity index (χ1n) is 5.18. The number of ketones is 1. The number of pyridine rings is 1. The van der Waals surface area contributed by atoms with E-state index in [9.17, 15) is 4.79 Å². The highest BCUT2D eigenvalue weighted by Gasteiger charge is 2.13. The Morgan fingerprint density at radius 3 is 2.88 bits per heavy atom. The zero-order chi connectivity index (χ0) is 12.3. The van der Waals surface area contributed by atoms with E-state index in [2.05, 4.69) is 20.2 Å². The molecule has 0 aliphatic rings. The van der Waals surface area contributed by atoms with Gasteiger partial charge in [0.1, 0.15) is 12.1 Å². The van der Waals surface area contributed by atoms with Crippen LogP contribution in [0.1, 0.15) is 30.0 Å². The van der Waals surface area contributed by atoms with Crippen molar-refractivity contribution in [3.8, 4) is 5.75 Å². The van der Waals surface area contributed by atoms with Gasteiger partial charge in [-0.25, -0.2) is 4.98 Å². The molecule has 2 aromatic rings. The molecule has 6 heteroatoms. The Labute approximate surface area is 98.1 Å². The second-order valence-corrected chi connectivity index (χ2v) is 3.74. The average molecular weight is 232 g/mol. The molecule has 0 bridgehead atoms. The number of hydrogen-bond donors (Lipinski definition) is 1. The highest BCUT2D eigenvalue weighted by molar-refractivity contribution is 6.06. The molecule has 0 saturated heterocycles. The van der Waals surface area contributed by atoms with Crippen molar-refractivity contribution >= 4 is 5.78 Å². The Balaban J connectivity index is 2.24. The Morgan fingerprint density at radius 1 is 1.41 bits per heavy atom. The number of hydrogen-bond acceptors (Lipinski definition) is 5. The van der Waals surface area contributed by atoms with Gasteiger partial charge in [-0.05, 0) is 19.9 Å². The normalized spacial score (nSPS) is 10.5. The van der Waals surface area contributed by atoms with Gasteiger partial charge in [0.2, 0.25) is 5.78 Å². The SMILES string of the molecule is CC(C)Oc1cncc(C(=O)c2ncn[nH]2)c1. The molecule has 0 aliphatic heterocycles. The maximum atomic E-state index is 11.9. The largest absolute Gasteiger partial charge is 0.489 e. The molecule has 0 saturated carbocycles. The van der Waals surface area contributed by atoms with Crippen LogP contribution < -0.4 is 4.74 Å². The quantitative estimate of drug-likeness (QED) is 0.801. The van der Waals surface area contributed by atoms with E-state index in [1.165, 1.54) is 12.5 Å². The van der Waals surface area contributed by atoms with Crippen LogP contribution in [0, 0.1) is 0 Å². The number of aromatic nitrogens is 4. The zero-order valence-electron chi connectivity index (χ0n) is 9.54. The van der Waals surface area contributed by atoms with E-state index in [1.807, 2.05) is 13.8 Å². The van der Waals surface area contributed by atoms with Gasteiger partial charge in [-0.15, -0.1) is 0 Å². The summed E-state index contributed by atoms with van der Waals surface area (Å²) in [6, 6.07) is 1.64. The maximum Gasteiger partial charge on any atom is 0.231 e. The monoisotopic (exact) mass is 232 g/mol. The minimum Gasteiger partial charge on any atom is -0.489 e. The van der Waals surface area contributed by atoms with Crippen LogP contribution in [0.4, 0.5) is 0 Å². The summed E-state index contributed by atoms with van der Waals surface area (Å²) in [6.45, 7) is 3.82. The molecule has 0 atom stereocenters. The van der Waals surface area contributed by atoms with Crippen LogP contribution >= 0.6 is 0 Å². The van der Waals surface area contributed by atoms with Crippen molar-refractivity contribution in [2.24, 2.45) is 0 Å². The van der Waals surface area contributed by atoms with Crippen LogP contribution in [0.15, 0.2) is 24.8 Å². The molecule has 2 rings (SSSR count). The first-order chi connectivity index (χ1) is 8.16. The van der Waals surface area contributed by atoms with E-state index < -0.39 is 0 Å². The summed E-state index contributed by atoms with van der Waals surface area (Å²) in [6.07, 6.45) is 4.36. The highest BCUT2D eigenvalue weighted by atomic mass is 16.5. The first kappa shape index (κ1) is 11.3. The summed E-state index contributed by atoms with van der Waals surface area (Å²) in [7, 11) is 0. The molecule has 2 heterocycles. The molecule has 2 aromatic heterocycles. The van der Waals surface area contributed by atoms with Crippen molar-refractivity contribution in [1.82, 2.24) is 20.2 Å². The minimum atomic E-state index is -0.260. The number of nitrogens with one attached hydrogen (secondary N) is 1. The standard InChI is InChI=1S/C11H12N4O2/c1-7(2)17-9-3-8(4-12-5-9)10(16)11-13-6-14-15-11/h3-7H,1-2H3,(H,13,14,15). The Bertz CT molecular complexity index is 508. The first-order valence-corrected chi connectivity index (χ1v) is 5.18. The average Bonchev–Trinajstić information content (AvgIpc) is 2.81. The van der Waals surface area contributed by atoms with Crippen LogP contribution in [-0.2, 0) is 0 Å². The predicted molar refractivity (Wildman–Crippen MR) is 59.8 cm³/mol. The van der Waals surface area contributed by atoms with E-state index in [0.717, 1.165) is 0 Å². The number of ether oxygens (including phenoxy) is 1. The van der Waals surface area contributed by atoms with Gasteiger partial charge >= 0.3 is 0 Å². The number of rotatable bonds is 4. The molecule has 0 amide bonds. The van der Waals surface area contributed by atoms with E-state index in [1.54, 1.807) is 12.3 Å². The third-order valence-electron chi connectivity index (χ3n) is 1.98. The van der Waals surface area contributed by atoms with Crippen molar-refractivity contribution < 1.29 is 9.53 Å². The van der Waals surface area contributed by atoms with E-state index in [-0.39, 0.29) is 17.7 Å². The summed E-state index contributed by atoms with van der Waals surface area (Å²) in [5, 5.41) is 6.15. The second kappa shape index (κ2) is 4.73. The van der Waals surface area contributed by atoms with Gasteiger partial charge in [0, 0.05) is 11.8 Å². The molecule has 0 radical (unpaired) electrons. The summed E-state index contributed by atoms with van der Waals surface area (Å²) >= 11 is 0. The van der Waals surface area contributed by atoms with Crippen LogP contribution in [0.3, 0.4) is 0 Å². The number of nitrogens with zero attached hydrogens (tertiary/aromatic N) is 3. The molecule has 0 fully saturated rings. The Kier molecular flexibility index (Phi) is 3.13. The van der Waals surface area contributed by atoms with Gasteiger partial charge in [0.15, 0.2) is 5.82 Å². The van der Waals surface area contributed by atoms with Gasteiger partial charge in [0.25, 0.3) is 0 Å². The lowest BCUT2D eigenvalue weighted by molar-refractivity contribution is 0.102. The van der Waals surface area contributed by atoms with Gasteiger partial charge in [-0.3, -0.25) is 14.9 Å². The van der Waals surface area contributed by atoms with E-state index in [0.29, 0.717) is 11.3 Å². The summed E-state index contributed by atoms with van der Waals surface area (Å²) in [4.78, 5) is 19.7. The van der Waals surface area contributed by atoms with Gasteiger partial charge < -0.3 is 4.74 Å².